The van der Waals surface area contributed by atoms with Crippen molar-refractivity contribution in [2.75, 3.05) is 18.0 Å². The molecule has 0 fully saturated rings. The van der Waals surface area contributed by atoms with Crippen molar-refractivity contribution >= 4 is 58.1 Å². The molecule has 150 valence electrons. The molecule has 3 aromatic rings. The number of hydrogen-bond acceptors (Lipinski definition) is 3. The van der Waals surface area contributed by atoms with E-state index >= 15 is 0 Å². The molecule has 29 heavy (non-hydrogen) atoms. The second-order valence-electron chi connectivity index (χ2n) is 6.98. The first-order valence-electron chi connectivity index (χ1n) is 9.60. The van der Waals surface area contributed by atoms with Crippen molar-refractivity contribution in [2.24, 2.45) is 0 Å². The van der Waals surface area contributed by atoms with Gasteiger partial charge in [0.05, 0.1) is 5.02 Å². The second-order valence-corrected chi connectivity index (χ2v) is 9.19. The summed E-state index contributed by atoms with van der Waals surface area (Å²) in [7, 11) is 0. The minimum absolute atomic E-state index is 0.650. The summed E-state index contributed by atoms with van der Waals surface area (Å²) in [5.41, 5.74) is 5.23. The van der Waals surface area contributed by atoms with Crippen molar-refractivity contribution in [2.45, 2.75) is 24.2 Å². The van der Waals surface area contributed by atoms with Gasteiger partial charge in [-0.15, -0.1) is 0 Å². The van der Waals surface area contributed by atoms with Crippen LogP contribution in [0.15, 0.2) is 65.6 Å². The fraction of sp³-hybridized carbons (Fsp3) is 0.217. The fourth-order valence-electron chi connectivity index (χ4n) is 3.62. The van der Waals surface area contributed by atoms with E-state index in [-0.39, 0.29) is 0 Å². The van der Waals surface area contributed by atoms with Gasteiger partial charge >= 0.3 is 0 Å². The number of rotatable bonds is 6. The Morgan fingerprint density at radius 3 is 2.38 bits per heavy atom. The average Bonchev–Trinajstić information content (AvgIpc) is 2.86. The van der Waals surface area contributed by atoms with E-state index in [4.69, 9.17) is 34.8 Å². The van der Waals surface area contributed by atoms with Crippen LogP contribution in [0.5, 0.6) is 0 Å². The SMILES string of the molecule is Clc1ccc(SNCCCN2c3ccccc3CCc3ccc(Cl)cc32)c(Cl)c1. The van der Waals surface area contributed by atoms with Crippen LogP contribution in [0.2, 0.25) is 15.1 Å². The third kappa shape index (κ3) is 5.04. The summed E-state index contributed by atoms with van der Waals surface area (Å²) in [5.74, 6) is 0. The van der Waals surface area contributed by atoms with Crippen LogP contribution < -0.4 is 9.62 Å². The minimum Gasteiger partial charge on any atom is -0.341 e. The van der Waals surface area contributed by atoms with Crippen LogP contribution >= 0.6 is 46.8 Å². The van der Waals surface area contributed by atoms with E-state index < -0.39 is 0 Å². The Bertz CT molecular complexity index is 1010. The normalized spacial score (nSPS) is 13.0. The molecule has 2 nitrogen and oxygen atoms in total. The van der Waals surface area contributed by atoms with Crippen LogP contribution in [0.25, 0.3) is 0 Å². The molecule has 0 amide bonds. The molecule has 0 aromatic heterocycles. The van der Waals surface area contributed by atoms with Gasteiger partial charge in [-0.05, 0) is 78.7 Å². The first kappa shape index (κ1) is 20.9. The highest BCUT2D eigenvalue weighted by Crippen LogP contribution is 2.37. The standard InChI is InChI=1S/C23H21Cl3N2S/c24-18-10-11-23(20(26)14-18)29-27-12-3-13-28-21-5-2-1-4-16(21)6-7-17-8-9-19(25)15-22(17)28/h1-2,4-5,8-11,14-15,27H,3,6-7,12-13H2. The number of aryl methyl sites for hydroxylation is 2. The Morgan fingerprint density at radius 2 is 1.55 bits per heavy atom. The van der Waals surface area contributed by atoms with Crippen LogP contribution in [0.3, 0.4) is 0 Å². The van der Waals surface area contributed by atoms with Crippen LogP contribution in [0.1, 0.15) is 17.5 Å². The van der Waals surface area contributed by atoms with Crippen LogP contribution in [0, 0.1) is 0 Å². The van der Waals surface area contributed by atoms with E-state index in [0.717, 1.165) is 42.3 Å². The summed E-state index contributed by atoms with van der Waals surface area (Å²) in [4.78, 5) is 3.39. The van der Waals surface area contributed by atoms with Crippen LogP contribution in [-0.4, -0.2) is 13.1 Å². The van der Waals surface area contributed by atoms with Gasteiger partial charge in [0.1, 0.15) is 0 Å². The number of benzene rings is 3. The predicted molar refractivity (Wildman–Crippen MR) is 127 cm³/mol. The van der Waals surface area contributed by atoms with Gasteiger partial charge in [0, 0.05) is 39.4 Å². The zero-order valence-corrected chi connectivity index (χ0v) is 18.9. The first-order valence-corrected chi connectivity index (χ1v) is 11.6. The molecule has 0 unspecified atom stereocenters. The smallest absolute Gasteiger partial charge is 0.0569 e. The lowest BCUT2D eigenvalue weighted by atomic mass is 10.0. The molecule has 0 spiro atoms. The summed E-state index contributed by atoms with van der Waals surface area (Å²) < 4.78 is 3.41. The van der Waals surface area contributed by atoms with E-state index in [2.05, 4.69) is 46.0 Å². The summed E-state index contributed by atoms with van der Waals surface area (Å²) >= 11 is 20.1. The maximum absolute atomic E-state index is 6.34. The zero-order valence-electron chi connectivity index (χ0n) is 15.8. The van der Waals surface area contributed by atoms with Gasteiger partial charge in [-0.3, -0.25) is 4.72 Å². The van der Waals surface area contributed by atoms with E-state index in [1.54, 1.807) is 6.07 Å². The van der Waals surface area contributed by atoms with Gasteiger partial charge < -0.3 is 4.90 Å². The number of nitrogens with one attached hydrogen (secondary N) is 1. The second kappa shape index (κ2) is 9.63. The van der Waals surface area contributed by atoms with Gasteiger partial charge in [-0.2, -0.15) is 0 Å². The summed E-state index contributed by atoms with van der Waals surface area (Å²) in [5, 5.41) is 2.09. The zero-order chi connectivity index (χ0) is 20.2. The minimum atomic E-state index is 0.650. The maximum atomic E-state index is 6.34. The summed E-state index contributed by atoms with van der Waals surface area (Å²) in [6, 6.07) is 20.5. The van der Waals surface area contributed by atoms with Gasteiger partial charge in [-0.25, -0.2) is 0 Å². The molecule has 0 bridgehead atoms. The Labute approximate surface area is 191 Å². The lowest BCUT2D eigenvalue weighted by Crippen LogP contribution is -2.22. The van der Waals surface area contributed by atoms with Crippen molar-refractivity contribution in [3.05, 3.63) is 86.9 Å². The number of fused-ring (bicyclic) bond motifs is 2. The van der Waals surface area contributed by atoms with Crippen LogP contribution in [0.4, 0.5) is 11.4 Å². The molecule has 4 rings (SSSR count). The number of para-hydroxylation sites is 1. The summed E-state index contributed by atoms with van der Waals surface area (Å²) in [6.07, 6.45) is 3.06. The van der Waals surface area contributed by atoms with Gasteiger partial charge in [0.2, 0.25) is 0 Å². The quantitative estimate of drug-likeness (QED) is 0.300. The molecule has 1 aliphatic rings. The molecule has 0 saturated carbocycles. The van der Waals surface area contributed by atoms with Crippen molar-refractivity contribution < 1.29 is 0 Å². The monoisotopic (exact) mass is 462 g/mol. The maximum Gasteiger partial charge on any atom is 0.0569 e. The van der Waals surface area contributed by atoms with E-state index in [9.17, 15) is 0 Å². The largest absolute Gasteiger partial charge is 0.341 e. The Morgan fingerprint density at radius 1 is 0.828 bits per heavy atom. The van der Waals surface area contributed by atoms with Gasteiger partial charge in [0.25, 0.3) is 0 Å². The molecule has 0 radical (unpaired) electrons. The van der Waals surface area contributed by atoms with Crippen molar-refractivity contribution in [3.63, 3.8) is 0 Å². The highest BCUT2D eigenvalue weighted by atomic mass is 35.5. The number of halogens is 3. The molecule has 1 heterocycles. The molecule has 1 aliphatic heterocycles. The Balaban J connectivity index is 1.44. The molecular formula is C23H21Cl3N2S. The Kier molecular flexibility index (Phi) is 6.94. The Hall–Kier alpha value is -1.36. The van der Waals surface area contributed by atoms with E-state index in [1.165, 1.54) is 34.4 Å². The first-order chi connectivity index (χ1) is 14.1. The van der Waals surface area contributed by atoms with Crippen molar-refractivity contribution in [1.82, 2.24) is 4.72 Å². The third-order valence-corrected chi connectivity index (χ3v) is 6.84. The number of anilines is 2. The molecule has 1 N–H and O–H groups in total. The third-order valence-electron chi connectivity index (χ3n) is 5.02. The topological polar surface area (TPSA) is 15.3 Å². The van der Waals surface area contributed by atoms with E-state index in [0.29, 0.717) is 10.0 Å². The molecular weight excluding hydrogens is 443 g/mol. The summed E-state index contributed by atoms with van der Waals surface area (Å²) in [6.45, 7) is 1.77. The lowest BCUT2D eigenvalue weighted by Gasteiger charge is -2.27. The lowest BCUT2D eigenvalue weighted by molar-refractivity contribution is 0.788. The number of hydrogen-bond donors (Lipinski definition) is 1. The predicted octanol–water partition coefficient (Wildman–Crippen LogP) is 7.57. The van der Waals surface area contributed by atoms with Crippen molar-refractivity contribution in [3.8, 4) is 0 Å². The molecule has 0 aliphatic carbocycles. The average molecular weight is 464 g/mol. The highest BCUT2D eigenvalue weighted by Gasteiger charge is 2.20. The van der Waals surface area contributed by atoms with Gasteiger partial charge in [0.15, 0.2) is 0 Å². The van der Waals surface area contributed by atoms with Gasteiger partial charge in [-0.1, -0.05) is 59.1 Å². The molecule has 0 saturated heterocycles. The molecule has 0 atom stereocenters. The number of nitrogens with zero attached hydrogens (tertiary/aromatic N) is 1. The molecule has 6 heteroatoms. The van der Waals surface area contributed by atoms with Crippen LogP contribution in [-0.2, 0) is 12.8 Å². The van der Waals surface area contributed by atoms with E-state index in [1.807, 2.05) is 18.2 Å². The molecule has 3 aromatic carbocycles. The fourth-order valence-corrected chi connectivity index (χ4v) is 5.01. The highest BCUT2D eigenvalue weighted by molar-refractivity contribution is 7.97. The van der Waals surface area contributed by atoms with Crippen molar-refractivity contribution in [1.29, 1.82) is 0 Å².